The molecule has 94 valence electrons. The van der Waals surface area contributed by atoms with Gasteiger partial charge in [-0.1, -0.05) is 29.3 Å². The van der Waals surface area contributed by atoms with Gasteiger partial charge in [-0.05, 0) is 25.8 Å². The Bertz CT molecular complexity index is 352. The second kappa shape index (κ2) is 5.63. The van der Waals surface area contributed by atoms with Crippen LogP contribution in [0.5, 0.6) is 0 Å². The van der Waals surface area contributed by atoms with Gasteiger partial charge in [0.2, 0.25) is 0 Å². The monoisotopic (exact) mass is 235 g/mol. The molecule has 0 amide bonds. The topological polar surface area (TPSA) is 44.5 Å². The molecule has 2 N–H and O–H groups in total. The molecule has 2 rings (SSSR count). The largest absolute Gasteiger partial charge is 0.379 e. The molecule has 0 bridgehead atoms. The second-order valence-corrected chi connectivity index (χ2v) is 4.85. The van der Waals surface area contributed by atoms with E-state index in [1.807, 2.05) is 0 Å². The van der Waals surface area contributed by atoms with E-state index < -0.39 is 0 Å². The minimum Gasteiger partial charge on any atom is -0.379 e. The molecule has 1 saturated heterocycles. The summed E-state index contributed by atoms with van der Waals surface area (Å²) in [5.74, 6) is 0. The molecule has 0 spiro atoms. The lowest BCUT2D eigenvalue weighted by Crippen LogP contribution is -2.22. The van der Waals surface area contributed by atoms with E-state index in [1.165, 1.54) is 11.1 Å². The van der Waals surface area contributed by atoms with Gasteiger partial charge in [0, 0.05) is 6.61 Å². The first-order valence-corrected chi connectivity index (χ1v) is 6.18. The third kappa shape index (κ3) is 3.53. The Hall–Kier alpha value is -0.900. The number of nitrogens with two attached hydrogens (primary N) is 1. The van der Waals surface area contributed by atoms with Crippen molar-refractivity contribution in [1.82, 2.24) is 0 Å². The Kier molecular flexibility index (Phi) is 4.15. The summed E-state index contributed by atoms with van der Waals surface area (Å²) in [7, 11) is 0. The molecule has 2 atom stereocenters. The van der Waals surface area contributed by atoms with E-state index in [2.05, 4.69) is 32.0 Å². The highest BCUT2D eigenvalue weighted by molar-refractivity contribution is 5.30. The van der Waals surface area contributed by atoms with Gasteiger partial charge in [-0.3, -0.25) is 0 Å². The summed E-state index contributed by atoms with van der Waals surface area (Å²) < 4.78 is 11.0. The fourth-order valence-corrected chi connectivity index (χ4v) is 2.20. The van der Waals surface area contributed by atoms with Gasteiger partial charge in [0.05, 0.1) is 25.4 Å². The normalized spacial score (nSPS) is 21.7. The fraction of sp³-hybridized carbons (Fsp3) is 0.571. The van der Waals surface area contributed by atoms with Crippen LogP contribution in [0.1, 0.15) is 29.2 Å². The van der Waals surface area contributed by atoms with Crippen LogP contribution in [0.25, 0.3) is 0 Å². The van der Waals surface area contributed by atoms with Crippen molar-refractivity contribution in [1.29, 1.82) is 0 Å². The van der Waals surface area contributed by atoms with Gasteiger partial charge in [0.25, 0.3) is 0 Å². The zero-order valence-electron chi connectivity index (χ0n) is 10.6. The maximum atomic E-state index is 6.15. The number of benzene rings is 1. The minimum atomic E-state index is -0.0470. The van der Waals surface area contributed by atoms with Crippen LogP contribution in [0, 0.1) is 13.8 Å². The van der Waals surface area contributed by atoms with Crippen LogP contribution in [0.2, 0.25) is 0 Å². The van der Waals surface area contributed by atoms with Gasteiger partial charge < -0.3 is 15.2 Å². The van der Waals surface area contributed by atoms with Crippen molar-refractivity contribution < 1.29 is 9.47 Å². The van der Waals surface area contributed by atoms with Crippen molar-refractivity contribution in [2.45, 2.75) is 32.4 Å². The third-order valence-corrected chi connectivity index (χ3v) is 3.07. The van der Waals surface area contributed by atoms with Crippen LogP contribution < -0.4 is 5.73 Å². The highest BCUT2D eigenvalue weighted by Crippen LogP contribution is 2.17. The van der Waals surface area contributed by atoms with Crippen LogP contribution in [0.15, 0.2) is 18.2 Å². The quantitative estimate of drug-likeness (QED) is 0.869. The van der Waals surface area contributed by atoms with Crippen LogP contribution in [0.3, 0.4) is 0 Å². The van der Waals surface area contributed by atoms with Crippen LogP contribution in [-0.4, -0.2) is 25.9 Å². The van der Waals surface area contributed by atoms with Gasteiger partial charge in [0.15, 0.2) is 0 Å². The number of hydrogen-bond donors (Lipinski definition) is 1. The third-order valence-electron chi connectivity index (χ3n) is 3.07. The maximum absolute atomic E-state index is 6.15. The summed E-state index contributed by atoms with van der Waals surface area (Å²) in [6.45, 7) is 6.27. The second-order valence-electron chi connectivity index (χ2n) is 4.85. The Morgan fingerprint density at radius 1 is 1.35 bits per heavy atom. The molecule has 1 aliphatic rings. The Morgan fingerprint density at radius 2 is 2.06 bits per heavy atom. The van der Waals surface area contributed by atoms with Gasteiger partial charge >= 0.3 is 0 Å². The van der Waals surface area contributed by atoms with E-state index in [-0.39, 0.29) is 12.1 Å². The molecule has 0 aliphatic carbocycles. The lowest BCUT2D eigenvalue weighted by Gasteiger charge is -2.16. The van der Waals surface area contributed by atoms with Crippen molar-refractivity contribution >= 4 is 0 Å². The molecule has 3 heteroatoms. The van der Waals surface area contributed by atoms with Crippen molar-refractivity contribution in [3.63, 3.8) is 0 Å². The van der Waals surface area contributed by atoms with Crippen molar-refractivity contribution in [2.75, 3.05) is 19.8 Å². The van der Waals surface area contributed by atoms with Gasteiger partial charge in [0.1, 0.15) is 0 Å². The summed E-state index contributed by atoms with van der Waals surface area (Å²) in [5.41, 5.74) is 9.80. The maximum Gasteiger partial charge on any atom is 0.0831 e. The van der Waals surface area contributed by atoms with E-state index in [4.69, 9.17) is 15.2 Å². The molecule has 0 saturated carbocycles. The predicted molar refractivity (Wildman–Crippen MR) is 68.0 cm³/mol. The molecule has 3 nitrogen and oxygen atoms in total. The molecule has 1 heterocycles. The van der Waals surface area contributed by atoms with Crippen LogP contribution in [0.4, 0.5) is 0 Å². The standard InChI is InChI=1S/C14H21NO2/c1-10-5-11(2)7-12(6-10)14(15)9-17-13-3-4-16-8-13/h5-7,13-14H,3-4,8-9,15H2,1-2H3. The van der Waals surface area contributed by atoms with Crippen molar-refractivity contribution in [3.05, 3.63) is 34.9 Å². The summed E-state index contributed by atoms with van der Waals surface area (Å²) >= 11 is 0. The average molecular weight is 235 g/mol. The summed E-state index contributed by atoms with van der Waals surface area (Å²) in [5, 5.41) is 0. The van der Waals surface area contributed by atoms with E-state index >= 15 is 0 Å². The zero-order chi connectivity index (χ0) is 12.3. The van der Waals surface area contributed by atoms with Crippen molar-refractivity contribution in [2.24, 2.45) is 5.73 Å². The van der Waals surface area contributed by atoms with Gasteiger partial charge in [-0.2, -0.15) is 0 Å². The minimum absolute atomic E-state index is 0.0470. The lowest BCUT2D eigenvalue weighted by molar-refractivity contribution is 0.0349. The number of rotatable bonds is 4. The summed E-state index contributed by atoms with van der Waals surface area (Å²) in [6.07, 6.45) is 1.21. The van der Waals surface area contributed by atoms with Gasteiger partial charge in [-0.25, -0.2) is 0 Å². The predicted octanol–water partition coefficient (Wildman–Crippen LogP) is 2.11. The van der Waals surface area contributed by atoms with Gasteiger partial charge in [-0.15, -0.1) is 0 Å². The highest BCUT2D eigenvalue weighted by atomic mass is 16.5. The molecule has 17 heavy (non-hydrogen) atoms. The molecule has 0 aromatic heterocycles. The SMILES string of the molecule is Cc1cc(C)cc(C(N)COC2CCOC2)c1. The highest BCUT2D eigenvalue weighted by Gasteiger charge is 2.17. The molecular weight excluding hydrogens is 214 g/mol. The molecule has 1 fully saturated rings. The first-order chi connectivity index (χ1) is 8.15. The average Bonchev–Trinajstić information content (AvgIpc) is 2.77. The van der Waals surface area contributed by atoms with Crippen LogP contribution >= 0.6 is 0 Å². The lowest BCUT2D eigenvalue weighted by atomic mass is 10.0. The van der Waals surface area contributed by atoms with Crippen molar-refractivity contribution in [3.8, 4) is 0 Å². The smallest absolute Gasteiger partial charge is 0.0831 e. The fourth-order valence-electron chi connectivity index (χ4n) is 2.20. The molecule has 0 radical (unpaired) electrons. The molecule has 1 aromatic carbocycles. The molecule has 1 aliphatic heterocycles. The molecule has 2 unspecified atom stereocenters. The number of aryl methyl sites for hydroxylation is 2. The Balaban J connectivity index is 1.91. The summed E-state index contributed by atoms with van der Waals surface area (Å²) in [6, 6.07) is 6.37. The number of hydrogen-bond acceptors (Lipinski definition) is 3. The van der Waals surface area contributed by atoms with E-state index in [0.29, 0.717) is 13.2 Å². The first-order valence-electron chi connectivity index (χ1n) is 6.18. The molecular formula is C14H21NO2. The first kappa shape index (κ1) is 12.6. The molecule has 1 aromatic rings. The van der Waals surface area contributed by atoms with E-state index in [0.717, 1.165) is 18.6 Å². The summed E-state index contributed by atoms with van der Waals surface area (Å²) in [4.78, 5) is 0. The zero-order valence-corrected chi connectivity index (χ0v) is 10.6. The van der Waals surface area contributed by atoms with Crippen LogP contribution in [-0.2, 0) is 9.47 Å². The Morgan fingerprint density at radius 3 is 2.65 bits per heavy atom. The van der Waals surface area contributed by atoms with E-state index in [9.17, 15) is 0 Å². The number of ether oxygens (including phenoxy) is 2. The Labute approximate surface area is 103 Å². The van der Waals surface area contributed by atoms with E-state index in [1.54, 1.807) is 0 Å².